The Morgan fingerprint density at radius 1 is 0.969 bits per heavy atom. The van der Waals surface area contributed by atoms with E-state index in [9.17, 15) is 4.79 Å². The number of ketones is 1. The molecule has 2 aromatic carbocycles. The van der Waals surface area contributed by atoms with E-state index in [2.05, 4.69) is 5.32 Å². The van der Waals surface area contributed by atoms with Gasteiger partial charge in [-0.1, -0.05) is 0 Å². The molecule has 0 radical (unpaired) electrons. The van der Waals surface area contributed by atoms with E-state index in [4.69, 9.17) is 30.8 Å². The fraction of sp³-hybridized carbons (Fsp3) is 0.250. The Bertz CT molecular complexity index is 1060. The second kappa shape index (κ2) is 10.7. The molecule has 8 heteroatoms. The predicted molar refractivity (Wildman–Crippen MR) is 127 cm³/mol. The van der Waals surface area contributed by atoms with Gasteiger partial charge in [-0.15, -0.1) is 0 Å². The van der Waals surface area contributed by atoms with Crippen LogP contribution in [0.1, 0.15) is 28.6 Å². The lowest BCUT2D eigenvalue weighted by atomic mass is 10.1. The molecule has 0 spiro atoms. The molecule has 0 amide bonds. The van der Waals surface area contributed by atoms with Crippen LogP contribution in [0.2, 0.25) is 0 Å². The van der Waals surface area contributed by atoms with Crippen molar-refractivity contribution in [3.8, 4) is 17.2 Å². The number of furan rings is 1. The Kier molecular flexibility index (Phi) is 7.72. The third-order valence-electron chi connectivity index (χ3n) is 4.90. The van der Waals surface area contributed by atoms with Crippen LogP contribution in [0.25, 0.3) is 0 Å². The van der Waals surface area contributed by atoms with Crippen molar-refractivity contribution in [1.29, 1.82) is 0 Å². The molecule has 1 heterocycles. The van der Waals surface area contributed by atoms with Gasteiger partial charge in [0.2, 0.25) is 5.75 Å². The maximum atomic E-state index is 11.5. The zero-order valence-corrected chi connectivity index (χ0v) is 19.3. The zero-order valence-electron chi connectivity index (χ0n) is 18.5. The number of ether oxygens (including phenoxy) is 3. The van der Waals surface area contributed by atoms with E-state index in [1.807, 2.05) is 41.3 Å². The minimum absolute atomic E-state index is 0.0131. The van der Waals surface area contributed by atoms with E-state index < -0.39 is 0 Å². The number of carbonyl (C=O) groups excluding carboxylic acids is 1. The molecule has 3 rings (SSSR count). The van der Waals surface area contributed by atoms with E-state index in [1.54, 1.807) is 39.7 Å². The molecule has 0 saturated carbocycles. The Balaban J connectivity index is 1.87. The highest BCUT2D eigenvalue weighted by Gasteiger charge is 2.20. The number of hydrogen-bond donors (Lipinski definition) is 1. The van der Waals surface area contributed by atoms with Crippen molar-refractivity contribution >= 4 is 28.8 Å². The highest BCUT2D eigenvalue weighted by molar-refractivity contribution is 7.80. The molecule has 1 aromatic heterocycles. The Morgan fingerprint density at radius 3 is 2.25 bits per heavy atom. The molecule has 0 atom stereocenters. The van der Waals surface area contributed by atoms with Gasteiger partial charge in [0.15, 0.2) is 22.4 Å². The van der Waals surface area contributed by atoms with Crippen LogP contribution in [0, 0.1) is 0 Å². The number of nitrogens with one attached hydrogen (secondary N) is 1. The van der Waals surface area contributed by atoms with Crippen molar-refractivity contribution in [3.05, 3.63) is 71.7 Å². The van der Waals surface area contributed by atoms with Gasteiger partial charge in [-0.05, 0) is 67.7 Å². The summed E-state index contributed by atoms with van der Waals surface area (Å²) < 4.78 is 22.1. The first-order valence-electron chi connectivity index (χ1n) is 9.94. The summed E-state index contributed by atoms with van der Waals surface area (Å²) in [5.74, 6) is 2.45. The van der Waals surface area contributed by atoms with Crippen LogP contribution in [0.15, 0.2) is 59.2 Å². The van der Waals surface area contributed by atoms with Gasteiger partial charge in [-0.2, -0.15) is 0 Å². The van der Waals surface area contributed by atoms with Crippen molar-refractivity contribution < 1.29 is 23.4 Å². The van der Waals surface area contributed by atoms with E-state index in [-0.39, 0.29) is 5.78 Å². The van der Waals surface area contributed by atoms with Crippen LogP contribution < -0.4 is 19.5 Å². The molecule has 0 aliphatic carbocycles. The molecular weight excluding hydrogens is 428 g/mol. The van der Waals surface area contributed by atoms with Crippen LogP contribution in [0.4, 0.5) is 5.69 Å². The number of Topliss-reactive ketones (excluding diaryl/α,β-unsaturated/α-hetero) is 1. The summed E-state index contributed by atoms with van der Waals surface area (Å²) >= 11 is 5.71. The summed E-state index contributed by atoms with van der Waals surface area (Å²) in [7, 11) is 4.74. The first kappa shape index (κ1) is 23.1. The molecule has 32 heavy (non-hydrogen) atoms. The topological polar surface area (TPSA) is 73.2 Å². The molecule has 0 aliphatic rings. The average Bonchev–Trinajstić information content (AvgIpc) is 3.31. The summed E-state index contributed by atoms with van der Waals surface area (Å²) in [4.78, 5) is 13.5. The van der Waals surface area contributed by atoms with Crippen molar-refractivity contribution in [3.63, 3.8) is 0 Å². The number of carbonyl (C=O) groups is 1. The maximum Gasteiger partial charge on any atom is 0.203 e. The summed E-state index contributed by atoms with van der Waals surface area (Å²) in [5, 5.41) is 3.73. The molecule has 0 unspecified atom stereocenters. The number of nitrogens with zero attached hydrogens (tertiary/aromatic N) is 1. The average molecular weight is 455 g/mol. The van der Waals surface area contributed by atoms with Crippen molar-refractivity contribution in [2.24, 2.45) is 0 Å². The highest BCUT2D eigenvalue weighted by atomic mass is 32.1. The summed E-state index contributed by atoms with van der Waals surface area (Å²) in [6.07, 6.45) is 1.63. The fourth-order valence-corrected chi connectivity index (χ4v) is 3.52. The van der Waals surface area contributed by atoms with Crippen LogP contribution in [0.5, 0.6) is 17.2 Å². The Hall–Kier alpha value is -3.52. The monoisotopic (exact) mass is 454 g/mol. The quantitative estimate of drug-likeness (QED) is 0.361. The van der Waals surface area contributed by atoms with Crippen LogP contribution >= 0.6 is 12.2 Å². The van der Waals surface area contributed by atoms with Gasteiger partial charge in [-0.3, -0.25) is 4.79 Å². The largest absolute Gasteiger partial charge is 0.493 e. The lowest BCUT2D eigenvalue weighted by molar-refractivity contribution is 0.101. The van der Waals surface area contributed by atoms with Gasteiger partial charge >= 0.3 is 0 Å². The predicted octanol–water partition coefficient (Wildman–Crippen LogP) is 4.91. The third kappa shape index (κ3) is 5.39. The van der Waals surface area contributed by atoms with Gasteiger partial charge in [0.1, 0.15) is 5.76 Å². The first-order chi connectivity index (χ1) is 15.5. The van der Waals surface area contributed by atoms with E-state index >= 15 is 0 Å². The summed E-state index contributed by atoms with van der Waals surface area (Å²) in [6, 6.07) is 14.7. The molecule has 0 bridgehead atoms. The molecule has 0 fully saturated rings. The summed E-state index contributed by atoms with van der Waals surface area (Å²) in [5.41, 5.74) is 2.29. The standard InChI is InChI=1S/C24H26N2O5S/c1-16(27)17-7-10-19(11-8-17)25-24(32)26(15-20-6-5-13-31-20)14-18-9-12-21(28-2)23(30-4)22(18)29-3/h5-13H,14-15H2,1-4H3,(H,25,32). The molecule has 7 nitrogen and oxygen atoms in total. The maximum absolute atomic E-state index is 11.5. The smallest absolute Gasteiger partial charge is 0.203 e. The number of benzene rings is 2. The molecule has 0 aliphatic heterocycles. The molecule has 3 aromatic rings. The lowest BCUT2D eigenvalue weighted by Gasteiger charge is -2.26. The SMILES string of the molecule is COc1ccc(CN(Cc2ccco2)C(=S)Nc2ccc(C(C)=O)cc2)c(OC)c1OC. The highest BCUT2D eigenvalue weighted by Crippen LogP contribution is 2.40. The van der Waals surface area contributed by atoms with Crippen LogP contribution in [-0.4, -0.2) is 37.1 Å². The minimum Gasteiger partial charge on any atom is -0.493 e. The van der Waals surface area contributed by atoms with Crippen molar-refractivity contribution in [2.75, 3.05) is 26.6 Å². The molecular formula is C24H26N2O5S. The van der Waals surface area contributed by atoms with Gasteiger partial charge in [0.05, 0.1) is 34.1 Å². The minimum atomic E-state index is 0.0131. The van der Waals surface area contributed by atoms with Gasteiger partial charge in [-0.25, -0.2) is 0 Å². The first-order valence-corrected chi connectivity index (χ1v) is 10.3. The van der Waals surface area contributed by atoms with Gasteiger partial charge in [0, 0.05) is 23.4 Å². The Morgan fingerprint density at radius 2 is 1.69 bits per heavy atom. The van der Waals surface area contributed by atoms with Gasteiger partial charge < -0.3 is 28.8 Å². The van der Waals surface area contributed by atoms with E-state index in [0.29, 0.717) is 41.0 Å². The number of methoxy groups -OCH3 is 3. The third-order valence-corrected chi connectivity index (χ3v) is 5.26. The fourth-order valence-electron chi connectivity index (χ4n) is 3.27. The number of thiocarbonyl (C=S) groups is 1. The number of hydrogen-bond acceptors (Lipinski definition) is 6. The van der Waals surface area contributed by atoms with E-state index in [1.165, 1.54) is 6.92 Å². The molecule has 1 N–H and O–H groups in total. The van der Waals surface area contributed by atoms with Crippen LogP contribution in [0.3, 0.4) is 0 Å². The summed E-state index contributed by atoms with van der Waals surface area (Å²) in [6.45, 7) is 2.41. The Labute approximate surface area is 192 Å². The normalized spacial score (nSPS) is 10.4. The molecule has 0 saturated heterocycles. The van der Waals surface area contributed by atoms with Crippen LogP contribution in [-0.2, 0) is 13.1 Å². The number of anilines is 1. The van der Waals surface area contributed by atoms with Gasteiger partial charge in [0.25, 0.3) is 0 Å². The second-order valence-electron chi connectivity index (χ2n) is 6.99. The number of rotatable bonds is 9. The molecule has 168 valence electrons. The van der Waals surface area contributed by atoms with E-state index in [0.717, 1.165) is 17.0 Å². The lowest BCUT2D eigenvalue weighted by Crippen LogP contribution is -2.33. The second-order valence-corrected chi connectivity index (χ2v) is 7.38. The zero-order chi connectivity index (χ0) is 23.1. The van der Waals surface area contributed by atoms with Crippen molar-refractivity contribution in [1.82, 2.24) is 4.90 Å². The van der Waals surface area contributed by atoms with Crippen molar-refractivity contribution in [2.45, 2.75) is 20.0 Å².